The minimum atomic E-state index is 1.31. The van der Waals surface area contributed by atoms with Crippen LogP contribution in [-0.2, 0) is 4.74 Å². The number of rotatable bonds is 2. The van der Waals surface area contributed by atoms with E-state index in [1.165, 1.54) is 38.2 Å². The number of allylic oxidation sites excluding steroid dienone is 2. The van der Waals surface area contributed by atoms with Crippen molar-refractivity contribution in [1.82, 2.24) is 0 Å². The van der Waals surface area contributed by atoms with Crippen LogP contribution in [0.4, 0.5) is 0 Å². The number of hydrogen-bond donors (Lipinski definition) is 0. The van der Waals surface area contributed by atoms with Crippen molar-refractivity contribution in [3.05, 3.63) is 37.8 Å². The van der Waals surface area contributed by atoms with Crippen LogP contribution in [0.3, 0.4) is 0 Å². The summed E-state index contributed by atoms with van der Waals surface area (Å²) in [6.45, 7) is 6.51. The molecule has 0 radical (unpaired) electrons. The molecule has 1 aliphatic carbocycles. The highest BCUT2D eigenvalue weighted by atomic mass is 16.5. The fraction of sp³-hybridized carbons (Fsp3) is 0.400. The Hall–Kier alpha value is -0.980. The predicted molar refractivity (Wildman–Crippen MR) is 49.1 cm³/mol. The monoisotopic (exact) mass is 152 g/mol. The van der Waals surface area contributed by atoms with Gasteiger partial charge in [0.2, 0.25) is 0 Å². The van der Waals surface area contributed by atoms with Gasteiger partial charge in [0.15, 0.2) is 0 Å². The lowest BCUT2D eigenvalue weighted by Gasteiger charge is -1.97. The van der Waals surface area contributed by atoms with Crippen LogP contribution >= 0.6 is 0 Å². The molecule has 0 saturated heterocycles. The Kier molecular flexibility index (Phi) is 8.22. The topological polar surface area (TPSA) is 9.23 Å². The van der Waals surface area contributed by atoms with Crippen molar-refractivity contribution in [2.45, 2.75) is 25.7 Å². The summed E-state index contributed by atoms with van der Waals surface area (Å²) in [7, 11) is 0. The van der Waals surface area contributed by atoms with E-state index in [0.29, 0.717) is 0 Å². The molecule has 0 aromatic heterocycles. The normalized spacial score (nSPS) is 14.2. The zero-order chi connectivity index (χ0) is 8.36. The molecule has 0 aromatic rings. The van der Waals surface area contributed by atoms with Gasteiger partial charge in [0.05, 0.1) is 12.5 Å². The van der Waals surface area contributed by atoms with Crippen molar-refractivity contribution >= 4 is 0 Å². The number of ether oxygens (including phenoxy) is 1. The maximum Gasteiger partial charge on any atom is 0.0829 e. The van der Waals surface area contributed by atoms with E-state index in [2.05, 4.69) is 30.0 Å². The van der Waals surface area contributed by atoms with E-state index in [4.69, 9.17) is 0 Å². The maximum absolute atomic E-state index is 4.36. The molecule has 0 saturated carbocycles. The third kappa shape index (κ3) is 9.02. The molecule has 0 spiro atoms. The van der Waals surface area contributed by atoms with Crippen LogP contribution in [0, 0.1) is 0 Å². The molecule has 0 heterocycles. The molecule has 1 heteroatoms. The van der Waals surface area contributed by atoms with E-state index in [1.54, 1.807) is 0 Å². The van der Waals surface area contributed by atoms with Gasteiger partial charge in [-0.15, -0.1) is 0 Å². The van der Waals surface area contributed by atoms with Gasteiger partial charge in [-0.2, -0.15) is 0 Å². The second kappa shape index (κ2) is 9.02. The van der Waals surface area contributed by atoms with Crippen molar-refractivity contribution in [1.29, 1.82) is 0 Å². The molecule has 0 fully saturated rings. The van der Waals surface area contributed by atoms with E-state index in [0.717, 1.165) is 0 Å². The molecular formula is C10H16O. The van der Waals surface area contributed by atoms with E-state index >= 15 is 0 Å². The molecule has 11 heavy (non-hydrogen) atoms. The fourth-order valence-electron chi connectivity index (χ4n) is 0.828. The molecule has 0 aliphatic heterocycles. The lowest BCUT2D eigenvalue weighted by atomic mass is 10.1. The van der Waals surface area contributed by atoms with Gasteiger partial charge in [-0.3, -0.25) is 0 Å². The summed E-state index contributed by atoms with van der Waals surface area (Å²) in [4.78, 5) is 0. The van der Waals surface area contributed by atoms with Gasteiger partial charge in [-0.05, 0) is 25.7 Å². The quantitative estimate of drug-likeness (QED) is 0.435. The van der Waals surface area contributed by atoms with Crippen LogP contribution in [0.5, 0.6) is 0 Å². The minimum absolute atomic E-state index is 1.31. The highest BCUT2D eigenvalue weighted by Crippen LogP contribution is 2.07. The predicted octanol–water partition coefficient (Wildman–Crippen LogP) is 3.41. The number of hydrogen-bond acceptors (Lipinski definition) is 1. The first-order chi connectivity index (χ1) is 5.41. The summed E-state index contributed by atoms with van der Waals surface area (Å²) in [5, 5.41) is 0. The van der Waals surface area contributed by atoms with Crippen LogP contribution in [0.1, 0.15) is 25.7 Å². The highest BCUT2D eigenvalue weighted by Gasteiger charge is 1.87. The van der Waals surface area contributed by atoms with Gasteiger partial charge >= 0.3 is 0 Å². The Morgan fingerprint density at radius 2 is 1.45 bits per heavy atom. The lowest BCUT2D eigenvalue weighted by Crippen LogP contribution is -1.77. The lowest BCUT2D eigenvalue weighted by molar-refractivity contribution is 0.406. The first-order valence-corrected chi connectivity index (χ1v) is 3.94. The fourth-order valence-corrected chi connectivity index (χ4v) is 0.828. The average Bonchev–Trinajstić information content (AvgIpc) is 2.10. The highest BCUT2D eigenvalue weighted by molar-refractivity contribution is 4.85. The van der Waals surface area contributed by atoms with Crippen LogP contribution < -0.4 is 0 Å². The SMILES string of the molecule is C1=CCCCC1.C=COC=C. The van der Waals surface area contributed by atoms with Gasteiger partial charge in [-0.25, -0.2) is 0 Å². The zero-order valence-electron chi connectivity index (χ0n) is 6.96. The molecular weight excluding hydrogens is 136 g/mol. The van der Waals surface area contributed by atoms with Crippen molar-refractivity contribution < 1.29 is 4.74 Å². The van der Waals surface area contributed by atoms with E-state index in [1.807, 2.05) is 0 Å². The molecule has 0 unspecified atom stereocenters. The van der Waals surface area contributed by atoms with Crippen LogP contribution in [0.15, 0.2) is 37.8 Å². The second-order valence-electron chi connectivity index (χ2n) is 2.23. The largest absolute Gasteiger partial charge is 0.474 e. The van der Waals surface area contributed by atoms with Crippen molar-refractivity contribution in [3.8, 4) is 0 Å². The molecule has 1 aliphatic rings. The summed E-state index contributed by atoms with van der Waals surface area (Å²) in [5.74, 6) is 0. The molecule has 0 atom stereocenters. The van der Waals surface area contributed by atoms with Crippen LogP contribution in [0.25, 0.3) is 0 Å². The molecule has 62 valence electrons. The summed E-state index contributed by atoms with van der Waals surface area (Å²) >= 11 is 0. The molecule has 0 amide bonds. The standard InChI is InChI=1S/C6H10.C4H6O/c1-2-4-6-5-3-1;1-3-5-4-2/h1-2H,3-6H2;3-4H,1-2H2. The van der Waals surface area contributed by atoms with Gasteiger partial charge in [-0.1, -0.05) is 25.3 Å². The van der Waals surface area contributed by atoms with E-state index in [-0.39, 0.29) is 0 Å². The first-order valence-electron chi connectivity index (χ1n) is 3.94. The van der Waals surface area contributed by atoms with Crippen molar-refractivity contribution in [2.75, 3.05) is 0 Å². The summed E-state index contributed by atoms with van der Waals surface area (Å²) in [6, 6.07) is 0. The molecule has 0 bridgehead atoms. The maximum atomic E-state index is 4.36. The third-order valence-corrected chi connectivity index (χ3v) is 1.35. The molecule has 1 rings (SSSR count). The van der Waals surface area contributed by atoms with Crippen LogP contribution in [0.2, 0.25) is 0 Å². The summed E-state index contributed by atoms with van der Waals surface area (Å²) < 4.78 is 4.36. The van der Waals surface area contributed by atoms with Crippen LogP contribution in [-0.4, -0.2) is 0 Å². The van der Waals surface area contributed by atoms with Gasteiger partial charge in [0.25, 0.3) is 0 Å². The van der Waals surface area contributed by atoms with E-state index < -0.39 is 0 Å². The van der Waals surface area contributed by atoms with Gasteiger partial charge in [0.1, 0.15) is 0 Å². The van der Waals surface area contributed by atoms with Gasteiger partial charge < -0.3 is 4.74 Å². The zero-order valence-corrected chi connectivity index (χ0v) is 6.96. The molecule has 1 nitrogen and oxygen atoms in total. The van der Waals surface area contributed by atoms with E-state index in [9.17, 15) is 0 Å². The molecule has 0 aromatic carbocycles. The first kappa shape index (κ1) is 10.0. The minimum Gasteiger partial charge on any atom is -0.474 e. The van der Waals surface area contributed by atoms with Crippen molar-refractivity contribution in [2.24, 2.45) is 0 Å². The Balaban J connectivity index is 0.000000187. The second-order valence-corrected chi connectivity index (χ2v) is 2.23. The smallest absolute Gasteiger partial charge is 0.0829 e. The third-order valence-electron chi connectivity index (χ3n) is 1.35. The Morgan fingerprint density at radius 1 is 1.00 bits per heavy atom. The Bertz CT molecular complexity index is 111. The molecule has 0 N–H and O–H groups in total. The summed E-state index contributed by atoms with van der Waals surface area (Å²) in [5.41, 5.74) is 0. The van der Waals surface area contributed by atoms with Crippen molar-refractivity contribution in [3.63, 3.8) is 0 Å². The summed E-state index contributed by atoms with van der Waals surface area (Å²) in [6.07, 6.45) is 12.6. The Labute approximate surface area is 69.1 Å². The average molecular weight is 152 g/mol. The Morgan fingerprint density at radius 3 is 1.55 bits per heavy atom. The van der Waals surface area contributed by atoms with Gasteiger partial charge in [0, 0.05) is 0 Å².